The first-order chi connectivity index (χ1) is 12.3. The Bertz CT molecular complexity index is 688. The van der Waals surface area contributed by atoms with Gasteiger partial charge in [0, 0.05) is 33.1 Å². The fraction of sp³-hybridized carbons (Fsp3) is 0.500. The Morgan fingerprint density at radius 1 is 1.12 bits per heavy atom. The first-order valence-corrected chi connectivity index (χ1v) is 9.13. The van der Waals surface area contributed by atoms with Gasteiger partial charge in [0.1, 0.15) is 12.2 Å². The molecule has 0 spiro atoms. The normalized spacial score (nSPS) is 21.6. The summed E-state index contributed by atoms with van der Waals surface area (Å²) in [5, 5.41) is 0. The van der Waals surface area contributed by atoms with E-state index in [-0.39, 0.29) is 18.0 Å². The molecule has 1 aliphatic carbocycles. The molecule has 2 atom stereocenters. The third kappa shape index (κ3) is 5.45. The van der Waals surface area contributed by atoms with E-state index in [4.69, 9.17) is 9.47 Å². The monoisotopic (exact) mass is 356 g/mol. The van der Waals surface area contributed by atoms with Crippen LogP contribution in [0.1, 0.15) is 62.3 Å². The lowest BCUT2D eigenvalue weighted by atomic mass is 9.84. The van der Waals surface area contributed by atoms with Crippen LogP contribution in [0.2, 0.25) is 0 Å². The molecule has 0 aromatic heterocycles. The lowest BCUT2D eigenvalue weighted by molar-refractivity contribution is -0.146. The predicted octanol–water partition coefficient (Wildman–Crippen LogP) is 4.11. The molecule has 0 aliphatic heterocycles. The Morgan fingerprint density at radius 2 is 1.81 bits per heavy atom. The first-order valence-electron chi connectivity index (χ1n) is 9.13. The summed E-state index contributed by atoms with van der Waals surface area (Å²) in [6.07, 6.45) is 8.11. The molecule has 1 aromatic rings. The van der Waals surface area contributed by atoms with Gasteiger partial charge in [0.2, 0.25) is 0 Å². The summed E-state index contributed by atoms with van der Waals surface area (Å²) >= 11 is 0. The molecule has 2 radical (unpaired) electrons. The van der Waals surface area contributed by atoms with Crippen LogP contribution in [0.3, 0.4) is 0 Å². The zero-order valence-corrected chi connectivity index (χ0v) is 16.3. The number of hydrogen-bond donors (Lipinski definition) is 0. The topological polar surface area (TPSA) is 52.6 Å². The average Bonchev–Trinajstić information content (AvgIpc) is 2.52. The molecular formula is C22H28O4. The van der Waals surface area contributed by atoms with Gasteiger partial charge in [-0.15, -0.1) is 0 Å². The van der Waals surface area contributed by atoms with Crippen LogP contribution in [-0.4, -0.2) is 24.1 Å². The second-order valence-electron chi connectivity index (χ2n) is 7.09. The summed E-state index contributed by atoms with van der Waals surface area (Å²) in [5.41, 5.74) is 4.83. The number of carbonyl (C=O) groups is 2. The van der Waals surface area contributed by atoms with E-state index in [1.165, 1.54) is 36.1 Å². The lowest BCUT2D eigenvalue weighted by Crippen LogP contribution is -2.23. The zero-order valence-electron chi connectivity index (χ0n) is 16.3. The summed E-state index contributed by atoms with van der Waals surface area (Å²) in [6.45, 7) is 9.24. The summed E-state index contributed by atoms with van der Waals surface area (Å²) in [6, 6.07) is 4.29. The maximum absolute atomic E-state index is 11.5. The molecule has 0 amide bonds. The second kappa shape index (κ2) is 9.02. The number of benzene rings is 1. The van der Waals surface area contributed by atoms with E-state index in [2.05, 4.69) is 39.3 Å². The Hall–Kier alpha value is -2.10. The number of esters is 2. The summed E-state index contributed by atoms with van der Waals surface area (Å²) in [7, 11) is 0. The van der Waals surface area contributed by atoms with Crippen LogP contribution in [0.15, 0.2) is 24.3 Å². The van der Waals surface area contributed by atoms with Gasteiger partial charge < -0.3 is 9.47 Å². The van der Waals surface area contributed by atoms with Crippen molar-refractivity contribution in [2.45, 2.75) is 72.0 Å². The van der Waals surface area contributed by atoms with Crippen molar-refractivity contribution in [3.63, 3.8) is 0 Å². The highest BCUT2D eigenvalue weighted by molar-refractivity contribution is 5.67. The van der Waals surface area contributed by atoms with E-state index >= 15 is 0 Å². The van der Waals surface area contributed by atoms with Gasteiger partial charge in [-0.05, 0) is 47.6 Å². The van der Waals surface area contributed by atoms with Crippen LogP contribution in [0.4, 0.5) is 0 Å². The van der Waals surface area contributed by atoms with Crippen LogP contribution in [0.5, 0.6) is 0 Å². The van der Waals surface area contributed by atoms with Gasteiger partial charge in [-0.3, -0.25) is 9.59 Å². The predicted molar refractivity (Wildman–Crippen MR) is 101 cm³/mol. The van der Waals surface area contributed by atoms with Crippen LogP contribution in [0, 0.1) is 13.3 Å². The third-order valence-corrected chi connectivity index (χ3v) is 4.57. The molecule has 4 nitrogen and oxygen atoms in total. The van der Waals surface area contributed by atoms with E-state index in [0.29, 0.717) is 25.2 Å². The van der Waals surface area contributed by atoms with E-state index < -0.39 is 6.10 Å². The first kappa shape index (κ1) is 20.2. The van der Waals surface area contributed by atoms with Gasteiger partial charge in [0.25, 0.3) is 0 Å². The van der Waals surface area contributed by atoms with Crippen molar-refractivity contribution < 1.29 is 19.1 Å². The van der Waals surface area contributed by atoms with E-state index in [9.17, 15) is 9.59 Å². The molecule has 0 heterocycles. The van der Waals surface area contributed by atoms with Crippen LogP contribution in [-0.2, 0) is 31.9 Å². The molecule has 0 saturated carbocycles. The average molecular weight is 356 g/mol. The van der Waals surface area contributed by atoms with Crippen LogP contribution in [0.25, 0.3) is 0 Å². The molecule has 0 N–H and O–H groups in total. The number of rotatable bonds is 3. The van der Waals surface area contributed by atoms with Crippen LogP contribution < -0.4 is 0 Å². The van der Waals surface area contributed by atoms with Crippen molar-refractivity contribution in [1.82, 2.24) is 0 Å². The van der Waals surface area contributed by atoms with E-state index in [1.807, 2.05) is 12.2 Å². The van der Waals surface area contributed by atoms with Gasteiger partial charge in [0.05, 0.1) is 0 Å². The fourth-order valence-electron chi connectivity index (χ4n) is 3.38. The molecule has 0 saturated heterocycles. The fourth-order valence-corrected chi connectivity index (χ4v) is 3.38. The van der Waals surface area contributed by atoms with Gasteiger partial charge in [-0.25, -0.2) is 0 Å². The minimum Gasteiger partial charge on any atom is -0.462 e. The molecule has 26 heavy (non-hydrogen) atoms. The Morgan fingerprint density at radius 3 is 2.42 bits per heavy atom. The molecule has 140 valence electrons. The Kier molecular flexibility index (Phi) is 7.01. The summed E-state index contributed by atoms with van der Waals surface area (Å²) in [4.78, 5) is 22.9. The van der Waals surface area contributed by atoms with Crippen molar-refractivity contribution >= 4 is 11.9 Å². The SMILES string of the molecule is CC(=O)OC1[C]Cc2c(C)ccc(C(C)C)c2CC(OC(C)=O)C/C=C\1. The van der Waals surface area contributed by atoms with Crippen molar-refractivity contribution in [3.05, 3.63) is 53.0 Å². The van der Waals surface area contributed by atoms with Crippen LogP contribution >= 0.6 is 0 Å². The lowest BCUT2D eigenvalue weighted by Gasteiger charge is -2.25. The summed E-state index contributed by atoms with van der Waals surface area (Å²) < 4.78 is 10.9. The highest BCUT2D eigenvalue weighted by Gasteiger charge is 2.22. The number of hydrogen-bond acceptors (Lipinski definition) is 4. The number of carbonyl (C=O) groups excluding carboxylic acids is 2. The minimum atomic E-state index is -0.501. The quantitative estimate of drug-likeness (QED) is 0.604. The molecule has 2 unspecified atom stereocenters. The minimum absolute atomic E-state index is 0.238. The largest absolute Gasteiger partial charge is 0.462 e. The van der Waals surface area contributed by atoms with Gasteiger partial charge in [-0.2, -0.15) is 0 Å². The van der Waals surface area contributed by atoms with Crippen molar-refractivity contribution in [3.8, 4) is 0 Å². The summed E-state index contributed by atoms with van der Waals surface area (Å²) in [5.74, 6) is -0.255. The number of ether oxygens (including phenoxy) is 2. The number of aryl methyl sites for hydroxylation is 1. The highest BCUT2D eigenvalue weighted by atomic mass is 16.5. The molecule has 1 aromatic carbocycles. The maximum Gasteiger partial charge on any atom is 0.303 e. The smallest absolute Gasteiger partial charge is 0.303 e. The maximum atomic E-state index is 11.5. The molecule has 2 rings (SSSR count). The standard InChI is InChI=1S/C22H28O4/c1-14(2)20-11-9-15(3)21-12-10-18(25-16(4)23)7-6-8-19(13-22(20)21)26-17(5)24/h6-7,9,11,14,18-19H,8,12-13H2,1-5H3/b7-6-. The van der Waals surface area contributed by atoms with Gasteiger partial charge in [-0.1, -0.05) is 32.1 Å². The zero-order chi connectivity index (χ0) is 19.3. The molecular weight excluding hydrogens is 328 g/mol. The molecule has 0 fully saturated rings. The molecule has 4 heteroatoms. The molecule has 1 aliphatic rings. The molecule has 0 bridgehead atoms. The highest BCUT2D eigenvalue weighted by Crippen LogP contribution is 2.30. The van der Waals surface area contributed by atoms with Crippen molar-refractivity contribution in [2.24, 2.45) is 0 Å². The van der Waals surface area contributed by atoms with E-state index in [1.54, 1.807) is 0 Å². The Balaban J connectivity index is 2.45. The van der Waals surface area contributed by atoms with Gasteiger partial charge in [0.15, 0.2) is 0 Å². The van der Waals surface area contributed by atoms with Crippen molar-refractivity contribution in [1.29, 1.82) is 0 Å². The van der Waals surface area contributed by atoms with E-state index in [0.717, 1.165) is 0 Å². The Labute approximate surface area is 156 Å². The van der Waals surface area contributed by atoms with Crippen molar-refractivity contribution in [2.75, 3.05) is 0 Å². The van der Waals surface area contributed by atoms with Gasteiger partial charge >= 0.3 is 11.9 Å². The second-order valence-corrected chi connectivity index (χ2v) is 7.09. The number of fused-ring (bicyclic) bond motifs is 1. The third-order valence-electron chi connectivity index (χ3n) is 4.57.